The van der Waals surface area contributed by atoms with E-state index in [1.54, 1.807) is 23.4 Å². The van der Waals surface area contributed by atoms with Gasteiger partial charge < -0.3 is 4.90 Å². The van der Waals surface area contributed by atoms with E-state index in [1.165, 1.54) is 11.8 Å². The number of hydrogen-bond donors (Lipinski definition) is 0. The first kappa shape index (κ1) is 20.5. The van der Waals surface area contributed by atoms with Gasteiger partial charge in [-0.3, -0.25) is 14.3 Å². The number of carbonyl (C=O) groups excluding carboxylic acids is 1. The molecule has 2 aromatic heterocycles. The zero-order chi connectivity index (χ0) is 20.1. The van der Waals surface area contributed by atoms with Crippen LogP contribution in [0.1, 0.15) is 13.3 Å². The molecule has 3 heterocycles. The van der Waals surface area contributed by atoms with Crippen LogP contribution in [0.5, 0.6) is 0 Å². The summed E-state index contributed by atoms with van der Waals surface area (Å²) in [6.45, 7) is 6.66. The van der Waals surface area contributed by atoms with E-state index in [0.717, 1.165) is 5.56 Å². The SMILES string of the molecule is C=CCn1c(SCC(=O)N(CC)C2CCS(=O)(=O)C2)nnc1-c1ccncc1. The zero-order valence-electron chi connectivity index (χ0n) is 15.7. The summed E-state index contributed by atoms with van der Waals surface area (Å²) in [6, 6.07) is 3.46. The van der Waals surface area contributed by atoms with Crippen molar-refractivity contribution in [2.24, 2.45) is 0 Å². The highest BCUT2D eigenvalue weighted by molar-refractivity contribution is 7.99. The number of nitrogens with zero attached hydrogens (tertiary/aromatic N) is 5. The maximum Gasteiger partial charge on any atom is 0.233 e. The van der Waals surface area contributed by atoms with Gasteiger partial charge >= 0.3 is 0 Å². The number of rotatable bonds is 8. The minimum absolute atomic E-state index is 0.0517. The van der Waals surface area contributed by atoms with Crippen LogP contribution in [0.3, 0.4) is 0 Å². The molecule has 1 fully saturated rings. The topological polar surface area (TPSA) is 98.1 Å². The summed E-state index contributed by atoms with van der Waals surface area (Å²) in [7, 11) is -3.04. The highest BCUT2D eigenvalue weighted by atomic mass is 32.2. The Bertz CT molecular complexity index is 943. The van der Waals surface area contributed by atoms with Crippen LogP contribution in [0, 0.1) is 0 Å². The number of amides is 1. The molecule has 10 heteroatoms. The van der Waals surface area contributed by atoms with Crippen molar-refractivity contribution in [2.45, 2.75) is 31.1 Å². The molecule has 1 aliphatic rings. The summed E-state index contributed by atoms with van der Waals surface area (Å²) in [5.74, 6) is 0.976. The van der Waals surface area contributed by atoms with Crippen LogP contribution in [0.2, 0.25) is 0 Å². The summed E-state index contributed by atoms with van der Waals surface area (Å²) >= 11 is 1.30. The van der Waals surface area contributed by atoms with Gasteiger partial charge in [-0.1, -0.05) is 17.8 Å². The van der Waals surface area contributed by atoms with E-state index in [9.17, 15) is 13.2 Å². The number of aromatic nitrogens is 4. The number of hydrogen-bond acceptors (Lipinski definition) is 7. The van der Waals surface area contributed by atoms with Gasteiger partial charge in [0.15, 0.2) is 20.8 Å². The van der Waals surface area contributed by atoms with E-state index in [4.69, 9.17) is 0 Å². The zero-order valence-corrected chi connectivity index (χ0v) is 17.3. The minimum atomic E-state index is -3.04. The second-order valence-electron chi connectivity index (χ2n) is 6.47. The molecule has 28 heavy (non-hydrogen) atoms. The third kappa shape index (κ3) is 4.61. The number of carbonyl (C=O) groups is 1. The first-order valence-corrected chi connectivity index (χ1v) is 11.8. The Labute approximate surface area is 169 Å². The van der Waals surface area contributed by atoms with Crippen LogP contribution in [0.25, 0.3) is 11.4 Å². The molecule has 3 rings (SSSR count). The standard InChI is InChI=1S/C18H23N5O3S2/c1-3-10-23-17(14-5-8-19-9-6-14)20-21-18(23)27-12-16(24)22(4-2)15-7-11-28(25,26)13-15/h3,5-6,8-9,15H,1,4,7,10-13H2,2H3. The lowest BCUT2D eigenvalue weighted by molar-refractivity contribution is -0.129. The molecule has 0 N–H and O–H groups in total. The molecule has 1 aliphatic heterocycles. The first-order chi connectivity index (χ1) is 13.4. The van der Waals surface area contributed by atoms with Crippen LogP contribution in [0.4, 0.5) is 0 Å². The molecular weight excluding hydrogens is 398 g/mol. The van der Waals surface area contributed by atoms with E-state index in [1.807, 2.05) is 23.6 Å². The molecule has 0 radical (unpaired) electrons. The highest BCUT2D eigenvalue weighted by Crippen LogP contribution is 2.25. The van der Waals surface area contributed by atoms with Crippen molar-refractivity contribution in [2.75, 3.05) is 23.8 Å². The van der Waals surface area contributed by atoms with Gasteiger partial charge in [0.05, 0.1) is 17.3 Å². The van der Waals surface area contributed by atoms with Crippen molar-refractivity contribution in [3.8, 4) is 11.4 Å². The lowest BCUT2D eigenvalue weighted by Crippen LogP contribution is -2.42. The molecule has 0 saturated carbocycles. The van der Waals surface area contributed by atoms with Gasteiger partial charge in [-0.15, -0.1) is 16.8 Å². The average Bonchev–Trinajstić information content (AvgIpc) is 3.24. The Morgan fingerprint density at radius 1 is 1.39 bits per heavy atom. The Balaban J connectivity index is 1.72. The minimum Gasteiger partial charge on any atom is -0.338 e. The molecule has 1 amide bonds. The van der Waals surface area contributed by atoms with Crippen LogP contribution in [-0.2, 0) is 21.2 Å². The molecule has 150 valence electrons. The van der Waals surface area contributed by atoms with E-state index in [0.29, 0.717) is 30.5 Å². The largest absolute Gasteiger partial charge is 0.338 e. The van der Waals surface area contributed by atoms with Crippen molar-refractivity contribution >= 4 is 27.5 Å². The van der Waals surface area contributed by atoms with Crippen LogP contribution < -0.4 is 0 Å². The summed E-state index contributed by atoms with van der Waals surface area (Å²) in [5, 5.41) is 9.11. The van der Waals surface area contributed by atoms with Crippen LogP contribution in [0.15, 0.2) is 42.3 Å². The maximum absolute atomic E-state index is 12.7. The predicted octanol–water partition coefficient (Wildman–Crippen LogP) is 1.65. The second-order valence-corrected chi connectivity index (χ2v) is 9.64. The van der Waals surface area contributed by atoms with Gasteiger partial charge in [-0.2, -0.15) is 0 Å². The normalized spacial score (nSPS) is 18.1. The smallest absolute Gasteiger partial charge is 0.233 e. The average molecular weight is 422 g/mol. The van der Waals surface area contributed by atoms with Crippen molar-refractivity contribution < 1.29 is 13.2 Å². The molecule has 1 unspecified atom stereocenters. The quantitative estimate of drug-likeness (QED) is 0.472. The number of sulfone groups is 1. The van der Waals surface area contributed by atoms with Gasteiger partial charge in [0.2, 0.25) is 5.91 Å². The molecule has 0 aliphatic carbocycles. The van der Waals surface area contributed by atoms with Gasteiger partial charge in [-0.05, 0) is 25.5 Å². The molecule has 0 spiro atoms. The monoisotopic (exact) mass is 421 g/mol. The van der Waals surface area contributed by atoms with Gasteiger partial charge in [0.25, 0.3) is 0 Å². The fraction of sp³-hybridized carbons (Fsp3) is 0.444. The molecule has 1 atom stereocenters. The third-order valence-electron chi connectivity index (χ3n) is 4.60. The van der Waals surface area contributed by atoms with Crippen molar-refractivity contribution in [1.29, 1.82) is 0 Å². The van der Waals surface area contributed by atoms with Crippen molar-refractivity contribution in [3.63, 3.8) is 0 Å². The van der Waals surface area contributed by atoms with E-state index >= 15 is 0 Å². The molecule has 0 aromatic carbocycles. The van der Waals surface area contributed by atoms with Gasteiger partial charge in [0.1, 0.15) is 0 Å². The van der Waals surface area contributed by atoms with E-state index in [2.05, 4.69) is 21.8 Å². The predicted molar refractivity (Wildman–Crippen MR) is 109 cm³/mol. The highest BCUT2D eigenvalue weighted by Gasteiger charge is 2.33. The molecule has 8 nitrogen and oxygen atoms in total. The lowest BCUT2D eigenvalue weighted by Gasteiger charge is -2.26. The number of thioether (sulfide) groups is 1. The first-order valence-electron chi connectivity index (χ1n) is 9.02. The summed E-state index contributed by atoms with van der Waals surface area (Å²) in [6.07, 6.45) is 5.63. The molecular formula is C18H23N5O3S2. The van der Waals surface area contributed by atoms with Gasteiger partial charge in [0, 0.05) is 37.1 Å². The fourth-order valence-electron chi connectivity index (χ4n) is 3.27. The molecule has 0 bridgehead atoms. The van der Waals surface area contributed by atoms with Crippen molar-refractivity contribution in [1.82, 2.24) is 24.6 Å². The number of pyridine rings is 1. The number of allylic oxidation sites excluding steroid dienone is 1. The second kappa shape index (κ2) is 8.87. The Morgan fingerprint density at radius 2 is 2.14 bits per heavy atom. The van der Waals surface area contributed by atoms with Crippen LogP contribution >= 0.6 is 11.8 Å². The maximum atomic E-state index is 12.7. The Hall–Kier alpha value is -2.20. The summed E-state index contributed by atoms with van der Waals surface area (Å²) in [4.78, 5) is 18.4. The van der Waals surface area contributed by atoms with Gasteiger partial charge in [-0.25, -0.2) is 8.42 Å². The van der Waals surface area contributed by atoms with E-state index in [-0.39, 0.29) is 29.2 Å². The van der Waals surface area contributed by atoms with Crippen LogP contribution in [-0.4, -0.2) is 68.8 Å². The van der Waals surface area contributed by atoms with Crippen molar-refractivity contribution in [3.05, 3.63) is 37.2 Å². The molecule has 2 aromatic rings. The fourth-order valence-corrected chi connectivity index (χ4v) is 5.84. The van der Waals surface area contributed by atoms with E-state index < -0.39 is 9.84 Å². The summed E-state index contributed by atoms with van der Waals surface area (Å²) < 4.78 is 25.4. The lowest BCUT2D eigenvalue weighted by atomic mass is 10.2. The Kier molecular flexibility index (Phi) is 6.50. The molecule has 1 saturated heterocycles. The summed E-state index contributed by atoms with van der Waals surface area (Å²) in [5.41, 5.74) is 0.883. The Morgan fingerprint density at radius 3 is 2.75 bits per heavy atom. The third-order valence-corrected chi connectivity index (χ3v) is 7.30.